The Morgan fingerprint density at radius 3 is 1.97 bits per heavy atom. The summed E-state index contributed by atoms with van der Waals surface area (Å²) in [4.78, 5) is 3.10. The zero-order valence-electron chi connectivity index (χ0n) is 16.3. The van der Waals surface area contributed by atoms with E-state index in [2.05, 4.69) is 11.1 Å². The molecule has 0 amide bonds. The van der Waals surface area contributed by atoms with Crippen molar-refractivity contribution in [2.75, 3.05) is 13.6 Å². The quantitative estimate of drug-likeness (QED) is 0.560. The molecular formula is C24H16N2O4S. The van der Waals surface area contributed by atoms with Crippen LogP contribution in [0.4, 0.5) is 0 Å². The number of H-pyrrole nitrogens is 1. The molecule has 152 valence electrons. The van der Waals surface area contributed by atoms with E-state index in [0.717, 1.165) is 39.6 Å². The number of pyridine rings is 1. The fourth-order valence-electron chi connectivity index (χ4n) is 3.34. The number of benzene rings is 2. The molecular weight excluding hydrogens is 412 g/mol. The van der Waals surface area contributed by atoms with Crippen LogP contribution in [0.15, 0.2) is 42.5 Å². The molecule has 0 spiro atoms. The van der Waals surface area contributed by atoms with Crippen molar-refractivity contribution in [3.63, 3.8) is 0 Å². The lowest BCUT2D eigenvalue weighted by molar-refractivity contribution is 0.173. The molecule has 1 aromatic heterocycles. The van der Waals surface area contributed by atoms with Crippen molar-refractivity contribution in [3.8, 4) is 29.1 Å². The first-order chi connectivity index (χ1) is 15.2. The molecule has 0 aliphatic carbocycles. The molecule has 0 saturated heterocycles. The molecule has 7 heteroatoms. The topological polar surface area (TPSA) is 76.5 Å². The van der Waals surface area contributed by atoms with Crippen molar-refractivity contribution in [1.29, 1.82) is 5.26 Å². The normalized spacial score (nSPS) is 13.8. The summed E-state index contributed by atoms with van der Waals surface area (Å²) < 4.78 is 21.9. The summed E-state index contributed by atoms with van der Waals surface area (Å²) in [5, 5.41) is 9.56. The molecule has 0 unspecified atom stereocenters. The minimum absolute atomic E-state index is 0.230. The average molecular weight is 428 g/mol. The molecule has 1 N–H and O–H groups in total. The molecule has 0 atom stereocenters. The zero-order valence-corrected chi connectivity index (χ0v) is 17.1. The number of ether oxygens (including phenoxy) is 4. The van der Waals surface area contributed by atoms with Gasteiger partial charge in [-0.2, -0.15) is 5.26 Å². The van der Waals surface area contributed by atoms with Crippen LogP contribution < -0.4 is 18.9 Å². The minimum atomic E-state index is 0.230. The molecule has 0 radical (unpaired) electrons. The maximum atomic E-state index is 9.56. The number of nitrogens with zero attached hydrogens (tertiary/aromatic N) is 1. The maximum absolute atomic E-state index is 9.56. The first-order valence-electron chi connectivity index (χ1n) is 9.52. The molecule has 0 fully saturated rings. The van der Waals surface area contributed by atoms with Crippen molar-refractivity contribution >= 4 is 36.5 Å². The van der Waals surface area contributed by atoms with Gasteiger partial charge < -0.3 is 23.9 Å². The van der Waals surface area contributed by atoms with Gasteiger partial charge >= 0.3 is 0 Å². The van der Waals surface area contributed by atoms with Gasteiger partial charge in [-0.1, -0.05) is 42.6 Å². The maximum Gasteiger partial charge on any atom is 0.231 e. The van der Waals surface area contributed by atoms with Gasteiger partial charge in [0.25, 0.3) is 0 Å². The van der Waals surface area contributed by atoms with Crippen LogP contribution in [0, 0.1) is 16.0 Å². The van der Waals surface area contributed by atoms with Crippen molar-refractivity contribution in [2.24, 2.45) is 0 Å². The molecule has 0 bridgehead atoms. The number of aromatic amines is 1. The van der Waals surface area contributed by atoms with E-state index in [0.29, 0.717) is 16.0 Å². The van der Waals surface area contributed by atoms with Gasteiger partial charge in [0.05, 0.1) is 5.56 Å². The van der Waals surface area contributed by atoms with E-state index < -0.39 is 0 Å². The van der Waals surface area contributed by atoms with Crippen LogP contribution in [-0.4, -0.2) is 18.6 Å². The predicted molar refractivity (Wildman–Crippen MR) is 119 cm³/mol. The van der Waals surface area contributed by atoms with Gasteiger partial charge in [0.2, 0.25) is 13.6 Å². The van der Waals surface area contributed by atoms with Gasteiger partial charge in [-0.25, -0.2) is 0 Å². The third-order valence-corrected chi connectivity index (χ3v) is 5.21. The molecule has 2 aliphatic heterocycles. The number of fused-ring (bicyclic) bond motifs is 2. The van der Waals surface area contributed by atoms with Crippen molar-refractivity contribution in [1.82, 2.24) is 4.98 Å². The molecule has 5 rings (SSSR count). The van der Waals surface area contributed by atoms with Crippen LogP contribution >= 0.6 is 12.2 Å². The summed E-state index contributed by atoms with van der Waals surface area (Å²) in [5.41, 5.74) is 3.84. The van der Waals surface area contributed by atoms with Gasteiger partial charge in [0.1, 0.15) is 10.7 Å². The number of rotatable bonds is 4. The molecule has 3 aromatic rings. The van der Waals surface area contributed by atoms with Crippen LogP contribution in [-0.2, 0) is 0 Å². The van der Waals surface area contributed by atoms with Crippen molar-refractivity contribution < 1.29 is 18.9 Å². The number of hydrogen-bond acceptors (Lipinski definition) is 6. The highest BCUT2D eigenvalue weighted by molar-refractivity contribution is 7.71. The summed E-state index contributed by atoms with van der Waals surface area (Å²) in [6.07, 6.45) is 7.64. The standard InChI is InChI=1S/C24H16N2O4S/c25-12-19-17(5-1-15-3-7-20-22(9-15)29-13-27-20)11-18(26-24(19)31)6-2-16-4-8-21-23(10-16)30-14-28-21/h1-11H,13-14H2,(H,26,31)/b5-1+,6-2+. The van der Waals surface area contributed by atoms with Gasteiger partial charge in [0.15, 0.2) is 23.0 Å². The predicted octanol–water partition coefficient (Wildman–Crippen LogP) is 5.41. The third kappa shape index (κ3) is 3.89. The zero-order chi connectivity index (χ0) is 21.2. The first kappa shape index (κ1) is 19.0. The average Bonchev–Trinajstić information content (AvgIpc) is 3.44. The van der Waals surface area contributed by atoms with Gasteiger partial charge in [-0.15, -0.1) is 0 Å². The van der Waals surface area contributed by atoms with Crippen LogP contribution in [0.25, 0.3) is 24.3 Å². The SMILES string of the molecule is N#Cc1c(/C=C/c2ccc3c(c2)OCO3)cc(/C=C/c2ccc3c(c2)OCO3)[nH]c1=S. The highest BCUT2D eigenvalue weighted by atomic mass is 32.1. The highest BCUT2D eigenvalue weighted by Gasteiger charge is 2.13. The van der Waals surface area contributed by atoms with Gasteiger partial charge in [-0.3, -0.25) is 0 Å². The van der Waals surface area contributed by atoms with E-state index in [1.54, 1.807) is 0 Å². The Morgan fingerprint density at radius 2 is 1.35 bits per heavy atom. The Bertz CT molecular complexity index is 1330. The first-order valence-corrected chi connectivity index (χ1v) is 9.93. The lowest BCUT2D eigenvalue weighted by Crippen LogP contribution is -1.92. The fourth-order valence-corrected chi connectivity index (χ4v) is 3.62. The Hall–Kier alpha value is -4.02. The van der Waals surface area contributed by atoms with E-state index >= 15 is 0 Å². The van der Waals surface area contributed by atoms with Crippen molar-refractivity contribution in [2.45, 2.75) is 0 Å². The van der Waals surface area contributed by atoms with E-state index in [4.69, 9.17) is 31.2 Å². The summed E-state index contributed by atoms with van der Waals surface area (Å²) in [6, 6.07) is 15.5. The number of aromatic nitrogens is 1. The Kier molecular flexibility index (Phi) is 4.90. The fraction of sp³-hybridized carbons (Fsp3) is 0.0833. The number of hydrogen-bond donors (Lipinski definition) is 1. The molecule has 0 saturated carbocycles. The highest BCUT2D eigenvalue weighted by Crippen LogP contribution is 2.34. The third-order valence-electron chi connectivity index (χ3n) is 4.90. The molecule has 6 nitrogen and oxygen atoms in total. The Labute approximate surface area is 183 Å². The van der Waals surface area contributed by atoms with Crippen LogP contribution in [0.2, 0.25) is 0 Å². The summed E-state index contributed by atoms with van der Waals surface area (Å²) >= 11 is 5.40. The Balaban J connectivity index is 1.44. The summed E-state index contributed by atoms with van der Waals surface area (Å²) in [7, 11) is 0. The van der Waals surface area contributed by atoms with Gasteiger partial charge in [-0.05, 0) is 53.1 Å². The lowest BCUT2D eigenvalue weighted by Gasteiger charge is -2.03. The molecule has 2 aliphatic rings. The second-order valence-corrected chi connectivity index (χ2v) is 7.30. The number of nitriles is 1. The largest absolute Gasteiger partial charge is 0.454 e. The lowest BCUT2D eigenvalue weighted by atomic mass is 10.1. The van der Waals surface area contributed by atoms with Crippen LogP contribution in [0.1, 0.15) is 27.9 Å². The molecule has 31 heavy (non-hydrogen) atoms. The van der Waals surface area contributed by atoms with E-state index in [1.807, 2.05) is 66.8 Å². The second kappa shape index (κ2) is 8.01. The second-order valence-electron chi connectivity index (χ2n) is 6.89. The van der Waals surface area contributed by atoms with Crippen LogP contribution in [0.5, 0.6) is 23.0 Å². The molecule has 2 aromatic carbocycles. The van der Waals surface area contributed by atoms with E-state index in [1.165, 1.54) is 0 Å². The summed E-state index contributed by atoms with van der Waals surface area (Å²) in [6.45, 7) is 0.470. The molecule has 3 heterocycles. The van der Waals surface area contributed by atoms with E-state index in [9.17, 15) is 5.26 Å². The Morgan fingerprint density at radius 1 is 0.774 bits per heavy atom. The summed E-state index contributed by atoms with van der Waals surface area (Å²) in [5.74, 6) is 2.90. The van der Waals surface area contributed by atoms with Gasteiger partial charge in [0, 0.05) is 5.69 Å². The smallest absolute Gasteiger partial charge is 0.231 e. The van der Waals surface area contributed by atoms with E-state index in [-0.39, 0.29) is 13.6 Å². The monoisotopic (exact) mass is 428 g/mol. The minimum Gasteiger partial charge on any atom is -0.454 e. The van der Waals surface area contributed by atoms with Crippen molar-refractivity contribution in [3.05, 3.63) is 75.1 Å². The number of nitrogens with one attached hydrogen (secondary N) is 1. The van der Waals surface area contributed by atoms with Crippen LogP contribution in [0.3, 0.4) is 0 Å².